The fraction of sp³-hybridized carbons (Fsp3) is 0.294. The summed E-state index contributed by atoms with van der Waals surface area (Å²) in [6.45, 7) is 5.77. The summed E-state index contributed by atoms with van der Waals surface area (Å²) in [4.78, 5) is 16.5. The van der Waals surface area contributed by atoms with Crippen LogP contribution in [0.2, 0.25) is 0 Å². The predicted molar refractivity (Wildman–Crippen MR) is 80.0 cm³/mol. The third-order valence-electron chi connectivity index (χ3n) is 3.09. The molecule has 3 heteroatoms. The molecule has 0 saturated heterocycles. The van der Waals surface area contributed by atoms with Gasteiger partial charge in [0.15, 0.2) is 5.78 Å². The molecule has 0 atom stereocenters. The number of carbonyl (C=O) groups excluding carboxylic acids is 1. The van der Waals surface area contributed by atoms with Crippen molar-refractivity contribution in [2.24, 2.45) is 5.41 Å². The maximum atomic E-state index is 12.2. The number of aromatic nitrogens is 1. The van der Waals surface area contributed by atoms with Crippen molar-refractivity contribution in [3.05, 3.63) is 48.2 Å². The number of pyridine rings is 1. The average molecular weight is 269 g/mol. The predicted octanol–water partition coefficient (Wildman–Crippen LogP) is 3.99. The van der Waals surface area contributed by atoms with Gasteiger partial charge >= 0.3 is 0 Å². The summed E-state index contributed by atoms with van der Waals surface area (Å²) >= 11 is 0. The van der Waals surface area contributed by atoms with Gasteiger partial charge in [-0.2, -0.15) is 0 Å². The van der Waals surface area contributed by atoms with Crippen molar-refractivity contribution in [2.45, 2.75) is 20.8 Å². The minimum atomic E-state index is -0.365. The largest absolute Gasteiger partial charge is 0.497 e. The number of nitrogens with zero attached hydrogens (tertiary/aromatic N) is 1. The van der Waals surface area contributed by atoms with Gasteiger partial charge in [-0.25, -0.2) is 0 Å². The molecule has 2 rings (SSSR count). The first-order valence-electron chi connectivity index (χ1n) is 6.57. The van der Waals surface area contributed by atoms with Crippen LogP contribution in [0.1, 0.15) is 31.1 Å². The summed E-state index contributed by atoms with van der Waals surface area (Å²) in [5, 5.41) is 0. The number of carbonyl (C=O) groups is 1. The molecule has 1 aromatic heterocycles. The van der Waals surface area contributed by atoms with Crippen LogP contribution in [0.15, 0.2) is 42.6 Å². The SMILES string of the molecule is COc1ccnc(-c2ccc(C(=O)C(C)(C)C)cc2)c1. The van der Waals surface area contributed by atoms with E-state index in [4.69, 9.17) is 4.74 Å². The number of hydrogen-bond donors (Lipinski definition) is 0. The third kappa shape index (κ3) is 3.05. The van der Waals surface area contributed by atoms with Crippen molar-refractivity contribution in [2.75, 3.05) is 7.11 Å². The standard InChI is InChI=1S/C17H19NO2/c1-17(2,3)16(19)13-7-5-12(6-8-13)15-11-14(20-4)9-10-18-15/h5-11H,1-4H3. The van der Waals surface area contributed by atoms with Crippen LogP contribution in [0.4, 0.5) is 0 Å². The molecule has 2 aromatic rings. The highest BCUT2D eigenvalue weighted by molar-refractivity contribution is 6.00. The van der Waals surface area contributed by atoms with E-state index < -0.39 is 0 Å². The van der Waals surface area contributed by atoms with E-state index in [9.17, 15) is 4.79 Å². The van der Waals surface area contributed by atoms with Gasteiger partial charge in [-0.1, -0.05) is 45.0 Å². The van der Waals surface area contributed by atoms with Crippen LogP contribution in [-0.2, 0) is 0 Å². The van der Waals surface area contributed by atoms with Crippen LogP contribution in [0.25, 0.3) is 11.3 Å². The highest BCUT2D eigenvalue weighted by Crippen LogP contribution is 2.25. The Hall–Kier alpha value is -2.16. The minimum Gasteiger partial charge on any atom is -0.497 e. The molecule has 0 radical (unpaired) electrons. The molecule has 0 spiro atoms. The Morgan fingerprint density at radius 1 is 1.10 bits per heavy atom. The van der Waals surface area contributed by atoms with Crippen molar-refractivity contribution >= 4 is 5.78 Å². The second kappa shape index (κ2) is 5.45. The Bertz CT molecular complexity index is 610. The number of methoxy groups -OCH3 is 1. The number of ether oxygens (including phenoxy) is 1. The van der Waals surface area contributed by atoms with E-state index in [0.717, 1.165) is 22.6 Å². The second-order valence-corrected chi connectivity index (χ2v) is 5.74. The minimum absolute atomic E-state index is 0.141. The molecule has 0 aliphatic heterocycles. The molecule has 1 aromatic carbocycles. The maximum Gasteiger partial charge on any atom is 0.168 e. The summed E-state index contributed by atoms with van der Waals surface area (Å²) < 4.78 is 5.19. The van der Waals surface area contributed by atoms with Crippen molar-refractivity contribution in [1.82, 2.24) is 4.98 Å². The normalized spacial score (nSPS) is 11.2. The second-order valence-electron chi connectivity index (χ2n) is 5.74. The topological polar surface area (TPSA) is 39.2 Å². The molecule has 0 aliphatic carbocycles. The van der Waals surface area contributed by atoms with Gasteiger partial charge in [0.1, 0.15) is 5.75 Å². The van der Waals surface area contributed by atoms with E-state index in [-0.39, 0.29) is 11.2 Å². The zero-order chi connectivity index (χ0) is 14.8. The molecule has 0 bridgehead atoms. The number of Topliss-reactive ketones (excluding diaryl/α,β-unsaturated/α-hetero) is 1. The highest BCUT2D eigenvalue weighted by atomic mass is 16.5. The molecule has 0 fully saturated rings. The molecule has 0 saturated carbocycles. The first kappa shape index (κ1) is 14.3. The van der Waals surface area contributed by atoms with Gasteiger partial charge in [-0.3, -0.25) is 9.78 Å². The Labute approximate surface area is 119 Å². The van der Waals surface area contributed by atoms with Crippen molar-refractivity contribution < 1.29 is 9.53 Å². The van der Waals surface area contributed by atoms with Gasteiger partial charge in [-0.15, -0.1) is 0 Å². The lowest BCUT2D eigenvalue weighted by molar-refractivity contribution is 0.0858. The fourth-order valence-corrected chi connectivity index (χ4v) is 1.92. The lowest BCUT2D eigenvalue weighted by atomic mass is 9.86. The molecule has 0 aliphatic rings. The lowest BCUT2D eigenvalue weighted by Gasteiger charge is -2.16. The van der Waals surface area contributed by atoms with Crippen LogP contribution < -0.4 is 4.74 Å². The van der Waals surface area contributed by atoms with Crippen LogP contribution in [0, 0.1) is 5.41 Å². The molecule has 0 N–H and O–H groups in total. The van der Waals surface area contributed by atoms with E-state index in [1.807, 2.05) is 51.1 Å². The van der Waals surface area contributed by atoms with Gasteiger partial charge in [0.25, 0.3) is 0 Å². The van der Waals surface area contributed by atoms with Crippen molar-refractivity contribution in [1.29, 1.82) is 0 Å². The zero-order valence-corrected chi connectivity index (χ0v) is 12.3. The van der Waals surface area contributed by atoms with Gasteiger partial charge in [0.2, 0.25) is 0 Å². The molecule has 0 amide bonds. The molecule has 3 nitrogen and oxygen atoms in total. The van der Waals surface area contributed by atoms with E-state index >= 15 is 0 Å². The summed E-state index contributed by atoms with van der Waals surface area (Å²) in [7, 11) is 1.63. The Morgan fingerprint density at radius 3 is 2.30 bits per heavy atom. The summed E-state index contributed by atoms with van der Waals surface area (Å²) in [6, 6.07) is 11.2. The van der Waals surface area contributed by atoms with E-state index in [1.165, 1.54) is 0 Å². The summed E-state index contributed by atoms with van der Waals surface area (Å²) in [5.74, 6) is 0.910. The number of hydrogen-bond acceptors (Lipinski definition) is 3. The summed E-state index contributed by atoms with van der Waals surface area (Å²) in [5.41, 5.74) is 2.16. The maximum absolute atomic E-state index is 12.2. The van der Waals surface area contributed by atoms with Crippen LogP contribution in [0.3, 0.4) is 0 Å². The molecule has 1 heterocycles. The smallest absolute Gasteiger partial charge is 0.168 e. The number of ketones is 1. The van der Waals surface area contributed by atoms with Crippen LogP contribution >= 0.6 is 0 Å². The Kier molecular flexibility index (Phi) is 3.89. The summed E-state index contributed by atoms with van der Waals surface area (Å²) in [6.07, 6.45) is 1.71. The van der Waals surface area contributed by atoms with Gasteiger partial charge in [-0.05, 0) is 6.07 Å². The first-order chi connectivity index (χ1) is 9.41. The number of benzene rings is 1. The first-order valence-corrected chi connectivity index (χ1v) is 6.57. The van der Waals surface area contributed by atoms with E-state index in [0.29, 0.717) is 0 Å². The van der Waals surface area contributed by atoms with Crippen LogP contribution in [0.5, 0.6) is 5.75 Å². The van der Waals surface area contributed by atoms with Gasteiger partial charge in [0, 0.05) is 28.8 Å². The van der Waals surface area contributed by atoms with Gasteiger partial charge < -0.3 is 4.74 Å². The van der Waals surface area contributed by atoms with E-state index in [2.05, 4.69) is 4.98 Å². The molecular formula is C17H19NO2. The zero-order valence-electron chi connectivity index (χ0n) is 12.3. The van der Waals surface area contributed by atoms with E-state index in [1.54, 1.807) is 19.4 Å². The lowest BCUT2D eigenvalue weighted by Crippen LogP contribution is -2.19. The molecule has 104 valence electrons. The van der Waals surface area contributed by atoms with Crippen molar-refractivity contribution in [3.8, 4) is 17.0 Å². The molecular weight excluding hydrogens is 250 g/mol. The monoisotopic (exact) mass is 269 g/mol. The Balaban J connectivity index is 2.30. The Morgan fingerprint density at radius 2 is 1.75 bits per heavy atom. The fourth-order valence-electron chi connectivity index (χ4n) is 1.92. The van der Waals surface area contributed by atoms with Crippen LogP contribution in [-0.4, -0.2) is 17.9 Å². The third-order valence-corrected chi connectivity index (χ3v) is 3.09. The highest BCUT2D eigenvalue weighted by Gasteiger charge is 2.22. The molecule has 20 heavy (non-hydrogen) atoms. The van der Waals surface area contributed by atoms with Gasteiger partial charge in [0.05, 0.1) is 12.8 Å². The molecule has 0 unspecified atom stereocenters. The van der Waals surface area contributed by atoms with Crippen molar-refractivity contribution in [3.63, 3.8) is 0 Å². The average Bonchev–Trinajstić information content (AvgIpc) is 2.46. The number of rotatable bonds is 3. The quantitative estimate of drug-likeness (QED) is 0.791.